The molecule has 0 radical (unpaired) electrons. The second-order valence-electron chi connectivity index (χ2n) is 6.36. The molecule has 22 heavy (non-hydrogen) atoms. The van der Waals surface area contributed by atoms with Gasteiger partial charge in [-0.1, -0.05) is 0 Å². The van der Waals surface area contributed by atoms with Crippen LogP contribution in [0.1, 0.15) is 48.3 Å². The Kier molecular flexibility index (Phi) is 3.03. The monoisotopic (exact) mass is 297 g/mol. The smallest absolute Gasteiger partial charge is 0.276 e. The molecular formula is C17H19N3O2. The van der Waals surface area contributed by atoms with E-state index in [1.807, 2.05) is 24.0 Å². The number of pyridine rings is 1. The first kappa shape index (κ1) is 13.5. The Balaban J connectivity index is 1.60. The number of rotatable bonds is 2. The fourth-order valence-corrected chi connectivity index (χ4v) is 3.68. The lowest BCUT2D eigenvalue weighted by molar-refractivity contribution is 0.0361. The van der Waals surface area contributed by atoms with Gasteiger partial charge in [0.2, 0.25) is 5.89 Å². The van der Waals surface area contributed by atoms with Crippen molar-refractivity contribution in [2.45, 2.75) is 44.6 Å². The van der Waals surface area contributed by atoms with E-state index >= 15 is 0 Å². The molecule has 3 heterocycles. The molecule has 0 N–H and O–H groups in total. The molecule has 1 saturated heterocycles. The summed E-state index contributed by atoms with van der Waals surface area (Å²) in [6, 6.07) is 3.75. The van der Waals surface area contributed by atoms with Gasteiger partial charge in [-0.05, 0) is 51.2 Å². The quantitative estimate of drug-likeness (QED) is 0.854. The minimum atomic E-state index is 0.0120. The molecule has 2 aliphatic rings. The normalized spacial score (nSPS) is 19.4. The third kappa shape index (κ3) is 2.03. The molecule has 0 aromatic carbocycles. The molecule has 0 bridgehead atoms. The molecule has 1 aliphatic carbocycles. The summed E-state index contributed by atoms with van der Waals surface area (Å²) in [5, 5.41) is 0. The van der Waals surface area contributed by atoms with Crippen LogP contribution in [0.15, 0.2) is 29.0 Å². The molecule has 1 saturated carbocycles. The number of hydrogen-bond donors (Lipinski definition) is 0. The van der Waals surface area contributed by atoms with Gasteiger partial charge >= 0.3 is 0 Å². The summed E-state index contributed by atoms with van der Waals surface area (Å²) < 4.78 is 5.52. The summed E-state index contributed by atoms with van der Waals surface area (Å²) in [5.74, 6) is 0.494. The summed E-state index contributed by atoms with van der Waals surface area (Å²) in [4.78, 5) is 23.3. The van der Waals surface area contributed by atoms with Gasteiger partial charge in [0.15, 0.2) is 5.69 Å². The molecule has 2 fully saturated rings. The van der Waals surface area contributed by atoms with Gasteiger partial charge in [-0.15, -0.1) is 0 Å². The minimum absolute atomic E-state index is 0.0120. The van der Waals surface area contributed by atoms with Crippen molar-refractivity contribution >= 4 is 5.91 Å². The van der Waals surface area contributed by atoms with E-state index in [4.69, 9.17) is 4.42 Å². The van der Waals surface area contributed by atoms with E-state index in [0.717, 1.165) is 43.5 Å². The van der Waals surface area contributed by atoms with Crippen molar-refractivity contribution in [3.8, 4) is 11.5 Å². The summed E-state index contributed by atoms with van der Waals surface area (Å²) in [6.45, 7) is 2.76. The van der Waals surface area contributed by atoms with Crippen molar-refractivity contribution in [1.29, 1.82) is 0 Å². The first-order chi connectivity index (χ1) is 10.7. The summed E-state index contributed by atoms with van der Waals surface area (Å²) >= 11 is 0. The Labute approximate surface area is 129 Å². The lowest BCUT2D eigenvalue weighted by Crippen LogP contribution is -2.52. The van der Waals surface area contributed by atoms with Crippen LogP contribution in [0.5, 0.6) is 0 Å². The van der Waals surface area contributed by atoms with Crippen molar-refractivity contribution in [2.24, 2.45) is 0 Å². The van der Waals surface area contributed by atoms with Crippen LogP contribution in [-0.2, 0) is 0 Å². The van der Waals surface area contributed by atoms with Crippen molar-refractivity contribution in [2.75, 3.05) is 6.54 Å². The van der Waals surface area contributed by atoms with E-state index in [1.165, 1.54) is 12.7 Å². The zero-order chi connectivity index (χ0) is 15.2. The van der Waals surface area contributed by atoms with Gasteiger partial charge in [-0.3, -0.25) is 9.78 Å². The number of amides is 1. The Morgan fingerprint density at radius 1 is 1.32 bits per heavy atom. The Morgan fingerprint density at radius 2 is 2.14 bits per heavy atom. The van der Waals surface area contributed by atoms with Gasteiger partial charge < -0.3 is 9.32 Å². The second-order valence-corrected chi connectivity index (χ2v) is 6.36. The molecule has 0 unspecified atom stereocenters. The predicted octanol–water partition coefficient (Wildman–Crippen LogP) is 3.20. The third-order valence-corrected chi connectivity index (χ3v) is 4.99. The van der Waals surface area contributed by atoms with Crippen molar-refractivity contribution in [3.63, 3.8) is 0 Å². The highest BCUT2D eigenvalue weighted by atomic mass is 16.3. The maximum absolute atomic E-state index is 12.8. The Bertz CT molecular complexity index is 718. The lowest BCUT2D eigenvalue weighted by atomic mass is 9.75. The first-order valence-electron chi connectivity index (χ1n) is 7.89. The number of aryl methyl sites for hydroxylation is 1. The average Bonchev–Trinajstić information content (AvgIpc) is 3.13. The van der Waals surface area contributed by atoms with E-state index in [2.05, 4.69) is 9.97 Å². The van der Waals surface area contributed by atoms with E-state index in [-0.39, 0.29) is 11.4 Å². The van der Waals surface area contributed by atoms with Gasteiger partial charge in [-0.25, -0.2) is 4.98 Å². The lowest BCUT2D eigenvalue weighted by Gasteiger charge is -2.45. The molecule has 5 heteroatoms. The van der Waals surface area contributed by atoms with Crippen LogP contribution < -0.4 is 0 Å². The van der Waals surface area contributed by atoms with Crippen molar-refractivity contribution in [1.82, 2.24) is 14.9 Å². The highest BCUT2D eigenvalue weighted by molar-refractivity contribution is 5.93. The second kappa shape index (κ2) is 4.93. The molecule has 1 aliphatic heterocycles. The zero-order valence-corrected chi connectivity index (χ0v) is 12.7. The minimum Gasteiger partial charge on any atom is -0.444 e. The van der Waals surface area contributed by atoms with Crippen LogP contribution >= 0.6 is 0 Å². The van der Waals surface area contributed by atoms with Gasteiger partial charge in [0.25, 0.3) is 5.91 Å². The largest absolute Gasteiger partial charge is 0.444 e. The van der Waals surface area contributed by atoms with Crippen molar-refractivity contribution in [3.05, 3.63) is 36.0 Å². The Morgan fingerprint density at radius 3 is 2.86 bits per heavy atom. The summed E-state index contributed by atoms with van der Waals surface area (Å²) in [6.07, 6.45) is 8.93. The highest BCUT2D eigenvalue weighted by Crippen LogP contribution is 2.45. The number of nitrogens with zero attached hydrogens (tertiary/aromatic N) is 3. The topological polar surface area (TPSA) is 59.2 Å². The number of aromatic nitrogens is 2. The van der Waals surface area contributed by atoms with Crippen LogP contribution in [-0.4, -0.2) is 32.9 Å². The summed E-state index contributed by atoms with van der Waals surface area (Å²) in [7, 11) is 0. The van der Waals surface area contributed by atoms with Crippen LogP contribution in [0, 0.1) is 6.92 Å². The number of hydrogen-bond acceptors (Lipinski definition) is 4. The molecule has 0 atom stereocenters. The maximum atomic E-state index is 12.8. The molecule has 2 aromatic rings. The van der Waals surface area contributed by atoms with E-state index < -0.39 is 0 Å². The molecule has 2 aromatic heterocycles. The maximum Gasteiger partial charge on any atom is 0.276 e. The number of oxazole rings is 1. The van der Waals surface area contributed by atoms with Gasteiger partial charge in [0.1, 0.15) is 6.26 Å². The van der Waals surface area contributed by atoms with Crippen LogP contribution in [0.25, 0.3) is 11.5 Å². The zero-order valence-electron chi connectivity index (χ0n) is 12.7. The summed E-state index contributed by atoms with van der Waals surface area (Å²) in [5.41, 5.74) is 2.28. The first-order valence-corrected chi connectivity index (χ1v) is 7.89. The number of likely N-dealkylation sites (tertiary alicyclic amines) is 1. The van der Waals surface area contributed by atoms with Crippen LogP contribution in [0.2, 0.25) is 0 Å². The third-order valence-electron chi connectivity index (χ3n) is 4.99. The fourth-order valence-electron chi connectivity index (χ4n) is 3.68. The van der Waals surface area contributed by atoms with Crippen LogP contribution in [0.4, 0.5) is 0 Å². The van der Waals surface area contributed by atoms with Gasteiger partial charge in [-0.2, -0.15) is 0 Å². The van der Waals surface area contributed by atoms with E-state index in [0.29, 0.717) is 11.6 Å². The predicted molar refractivity (Wildman–Crippen MR) is 81.3 cm³/mol. The van der Waals surface area contributed by atoms with Crippen LogP contribution in [0.3, 0.4) is 0 Å². The molecule has 5 nitrogen and oxygen atoms in total. The number of carbonyl (C=O) groups is 1. The SMILES string of the molecule is Cc1cc(-c2nc(C(=O)N3CCCC34CCC4)co2)ccn1. The molecule has 114 valence electrons. The standard InChI is InChI=1S/C17H19N3O2/c1-12-10-13(4-8-18-12)15-19-14(11-22-15)16(21)20-9-3-7-17(20)5-2-6-17/h4,8,10-11H,2-3,5-7,9H2,1H3. The van der Waals surface area contributed by atoms with E-state index in [9.17, 15) is 4.79 Å². The van der Waals surface area contributed by atoms with Gasteiger partial charge in [0, 0.05) is 29.5 Å². The van der Waals surface area contributed by atoms with Crippen molar-refractivity contribution < 1.29 is 9.21 Å². The average molecular weight is 297 g/mol. The molecule has 1 spiro atoms. The number of carbonyl (C=O) groups excluding carboxylic acids is 1. The highest BCUT2D eigenvalue weighted by Gasteiger charge is 2.48. The Hall–Kier alpha value is -2.17. The molecule has 4 rings (SSSR count). The molecule has 1 amide bonds. The van der Waals surface area contributed by atoms with Gasteiger partial charge in [0.05, 0.1) is 0 Å². The molecular weight excluding hydrogens is 278 g/mol. The van der Waals surface area contributed by atoms with E-state index in [1.54, 1.807) is 6.20 Å². The fraction of sp³-hybridized carbons (Fsp3) is 0.471.